The lowest BCUT2D eigenvalue weighted by atomic mass is 9.91. The van der Waals surface area contributed by atoms with Gasteiger partial charge in [-0.15, -0.1) is 0 Å². The number of hydrogen-bond acceptors (Lipinski definition) is 9. The van der Waals surface area contributed by atoms with Crippen LogP contribution in [-0.2, 0) is 29.6 Å². The van der Waals surface area contributed by atoms with Crippen LogP contribution in [0, 0.1) is 23.1 Å². The second kappa shape index (κ2) is 10.3. The molecular weight excluding hydrogens is 519 g/mol. The molecule has 1 aliphatic heterocycles. The average Bonchev–Trinajstić information content (AvgIpc) is 3.90. The second-order valence-electron chi connectivity index (χ2n) is 11.1. The Labute approximate surface area is 230 Å². The maximum atomic E-state index is 13.7. The summed E-state index contributed by atoms with van der Waals surface area (Å²) in [5.74, 6) is -2.46. The minimum Gasteiger partial charge on any atom is -0.465 e. The minimum absolute atomic E-state index is 0.0196. The van der Waals surface area contributed by atoms with Crippen molar-refractivity contribution in [1.82, 2.24) is 19.9 Å². The predicted octanol–water partition coefficient (Wildman–Crippen LogP) is 3.14. The van der Waals surface area contributed by atoms with Crippen LogP contribution < -0.4 is 11.1 Å². The summed E-state index contributed by atoms with van der Waals surface area (Å²) >= 11 is 0. The van der Waals surface area contributed by atoms with E-state index in [2.05, 4.69) is 25.3 Å². The summed E-state index contributed by atoms with van der Waals surface area (Å²) in [4.78, 5) is 42.3. The summed E-state index contributed by atoms with van der Waals surface area (Å²) in [6.45, 7) is 2.43. The SMILES string of the molecule is CC1(C(=O)OCC2CC2)COC(C(N)=O)(c2nc(-c3ccc(F)cc3)c(-c3ccnc(NCC4CC4)n3)[nH]2)OC1. The number of rotatable bonds is 10. The zero-order chi connectivity index (χ0) is 27.9. The smallest absolute Gasteiger partial charge is 0.316 e. The molecule has 3 fully saturated rings. The van der Waals surface area contributed by atoms with Gasteiger partial charge in [0.15, 0.2) is 5.82 Å². The number of carbonyl (C=O) groups excluding carboxylic acids is 2. The van der Waals surface area contributed by atoms with Crippen LogP contribution in [0.15, 0.2) is 36.5 Å². The van der Waals surface area contributed by atoms with Gasteiger partial charge in [-0.2, -0.15) is 0 Å². The number of carbonyl (C=O) groups is 2. The Morgan fingerprint density at radius 1 is 1.10 bits per heavy atom. The van der Waals surface area contributed by atoms with Gasteiger partial charge in [0, 0.05) is 18.3 Å². The number of amides is 1. The highest BCUT2D eigenvalue weighted by Crippen LogP contribution is 2.40. The first-order valence-electron chi connectivity index (χ1n) is 13.4. The van der Waals surface area contributed by atoms with E-state index in [1.165, 1.54) is 25.0 Å². The third-order valence-corrected chi connectivity index (χ3v) is 7.44. The van der Waals surface area contributed by atoms with E-state index >= 15 is 0 Å². The molecular formula is C28H31FN6O5. The summed E-state index contributed by atoms with van der Waals surface area (Å²) in [6, 6.07) is 7.45. The third kappa shape index (κ3) is 5.28. The van der Waals surface area contributed by atoms with Crippen molar-refractivity contribution in [2.75, 3.05) is 31.7 Å². The molecule has 0 radical (unpaired) electrons. The van der Waals surface area contributed by atoms with Crippen molar-refractivity contribution in [3.8, 4) is 22.6 Å². The molecule has 2 aliphatic carbocycles. The Kier molecular flexibility index (Phi) is 6.75. The number of nitrogens with two attached hydrogens (primary N) is 1. The highest BCUT2D eigenvalue weighted by molar-refractivity contribution is 5.85. The zero-order valence-electron chi connectivity index (χ0n) is 22.1. The molecule has 3 aromatic rings. The van der Waals surface area contributed by atoms with Crippen molar-refractivity contribution < 1.29 is 28.2 Å². The summed E-state index contributed by atoms with van der Waals surface area (Å²) in [6.07, 6.45) is 6.06. The van der Waals surface area contributed by atoms with E-state index in [9.17, 15) is 14.0 Å². The molecule has 11 nitrogen and oxygen atoms in total. The molecule has 0 spiro atoms. The first-order chi connectivity index (χ1) is 19.3. The first-order valence-corrected chi connectivity index (χ1v) is 13.4. The largest absolute Gasteiger partial charge is 0.465 e. The van der Waals surface area contributed by atoms with Gasteiger partial charge in [0.05, 0.1) is 36.9 Å². The molecule has 3 heterocycles. The molecule has 40 heavy (non-hydrogen) atoms. The first kappa shape index (κ1) is 26.3. The standard InChI is InChI=1S/C28H31FN6O5/c1-27(25(37)38-13-17-4-5-17)14-39-28(23(30)36,40-15-27)24-34-21(18-6-8-19(29)9-7-18)22(35-24)20-10-11-31-26(33-20)32-12-16-2-3-16/h6-11,16-17H,2-5,12-15H2,1H3,(H2,30,36)(H,34,35)(H,31,32,33). The average molecular weight is 551 g/mol. The quantitative estimate of drug-likeness (QED) is 0.323. The van der Waals surface area contributed by atoms with Crippen LogP contribution in [-0.4, -0.2) is 58.2 Å². The Morgan fingerprint density at radius 3 is 2.45 bits per heavy atom. The highest BCUT2D eigenvalue weighted by atomic mass is 19.1. The Morgan fingerprint density at radius 2 is 1.80 bits per heavy atom. The van der Waals surface area contributed by atoms with E-state index in [1.807, 2.05) is 0 Å². The normalized spacial score (nSPS) is 24.4. The fourth-order valence-corrected chi connectivity index (χ4v) is 4.44. The monoisotopic (exact) mass is 550 g/mol. The fraction of sp³-hybridized carbons (Fsp3) is 0.464. The zero-order valence-corrected chi connectivity index (χ0v) is 22.1. The number of hydrogen-bond donors (Lipinski definition) is 3. The van der Waals surface area contributed by atoms with Gasteiger partial charge in [0.25, 0.3) is 5.91 Å². The maximum absolute atomic E-state index is 13.7. The molecule has 1 aromatic carbocycles. The van der Waals surface area contributed by atoms with Crippen molar-refractivity contribution in [2.45, 2.75) is 38.4 Å². The van der Waals surface area contributed by atoms with Crippen LogP contribution >= 0.6 is 0 Å². The number of nitrogens with zero attached hydrogens (tertiary/aromatic N) is 3. The van der Waals surface area contributed by atoms with Gasteiger partial charge in [0.2, 0.25) is 5.95 Å². The number of imidazole rings is 1. The number of H-pyrrole nitrogens is 1. The Bertz CT molecular complexity index is 1410. The molecule has 4 N–H and O–H groups in total. The van der Waals surface area contributed by atoms with Crippen molar-refractivity contribution in [3.63, 3.8) is 0 Å². The van der Waals surface area contributed by atoms with Gasteiger partial charge in [-0.25, -0.2) is 19.3 Å². The van der Waals surface area contributed by atoms with Gasteiger partial charge in [-0.1, -0.05) is 0 Å². The number of esters is 1. The Hall–Kier alpha value is -3.90. The number of benzene rings is 1. The number of nitrogens with one attached hydrogen (secondary N) is 2. The number of aromatic amines is 1. The van der Waals surface area contributed by atoms with Crippen LogP contribution in [0.1, 0.15) is 38.4 Å². The van der Waals surface area contributed by atoms with E-state index in [-0.39, 0.29) is 19.0 Å². The van der Waals surface area contributed by atoms with Crippen molar-refractivity contribution >= 4 is 17.8 Å². The van der Waals surface area contributed by atoms with Crippen molar-refractivity contribution in [2.24, 2.45) is 23.0 Å². The van der Waals surface area contributed by atoms with Crippen LogP contribution in [0.2, 0.25) is 0 Å². The molecule has 0 unspecified atom stereocenters. The summed E-state index contributed by atoms with van der Waals surface area (Å²) in [5.41, 5.74) is 6.54. The van der Waals surface area contributed by atoms with Gasteiger partial charge >= 0.3 is 11.8 Å². The van der Waals surface area contributed by atoms with Gasteiger partial charge < -0.3 is 30.2 Å². The van der Waals surface area contributed by atoms with E-state index < -0.39 is 28.9 Å². The number of halogens is 1. The summed E-state index contributed by atoms with van der Waals surface area (Å²) in [5, 5.41) is 3.25. The molecule has 2 aromatic heterocycles. The maximum Gasteiger partial charge on any atom is 0.316 e. The number of ether oxygens (including phenoxy) is 3. The topological polar surface area (TPSA) is 154 Å². The van der Waals surface area contributed by atoms with Crippen molar-refractivity contribution in [1.29, 1.82) is 0 Å². The number of anilines is 1. The second-order valence-corrected chi connectivity index (χ2v) is 11.1. The van der Waals surface area contributed by atoms with Gasteiger partial charge in [-0.3, -0.25) is 9.59 Å². The van der Waals surface area contributed by atoms with Crippen molar-refractivity contribution in [3.05, 3.63) is 48.2 Å². The van der Waals surface area contributed by atoms with Crippen LogP contribution in [0.5, 0.6) is 0 Å². The summed E-state index contributed by atoms with van der Waals surface area (Å²) in [7, 11) is 0. The van der Waals surface area contributed by atoms with Crippen LogP contribution in [0.25, 0.3) is 22.6 Å². The van der Waals surface area contributed by atoms with Crippen LogP contribution in [0.4, 0.5) is 10.3 Å². The van der Waals surface area contributed by atoms with Gasteiger partial charge in [0.1, 0.15) is 11.2 Å². The lowest BCUT2D eigenvalue weighted by molar-refractivity contribution is -0.293. The molecule has 1 amide bonds. The third-order valence-electron chi connectivity index (χ3n) is 7.44. The lowest BCUT2D eigenvalue weighted by Gasteiger charge is -2.40. The number of aromatic nitrogens is 4. The lowest BCUT2D eigenvalue weighted by Crippen LogP contribution is -2.56. The number of primary amides is 1. The summed E-state index contributed by atoms with van der Waals surface area (Å²) < 4.78 is 31.1. The van der Waals surface area contributed by atoms with Crippen LogP contribution in [0.3, 0.4) is 0 Å². The minimum atomic E-state index is -2.09. The highest BCUT2D eigenvalue weighted by Gasteiger charge is 2.54. The van der Waals surface area contributed by atoms with E-state index in [0.717, 1.165) is 19.4 Å². The molecule has 1 saturated heterocycles. The van der Waals surface area contributed by atoms with Gasteiger partial charge in [-0.05, 0) is 74.8 Å². The molecule has 12 heteroatoms. The van der Waals surface area contributed by atoms with E-state index in [4.69, 9.17) is 19.9 Å². The molecule has 3 aliphatic rings. The molecule has 6 rings (SSSR count). The molecule has 2 saturated carbocycles. The fourth-order valence-electron chi connectivity index (χ4n) is 4.44. The molecule has 210 valence electrons. The Balaban J connectivity index is 1.33. The van der Waals surface area contributed by atoms with E-state index in [0.29, 0.717) is 47.0 Å². The molecule has 0 bridgehead atoms. The van der Waals surface area contributed by atoms with E-state index in [1.54, 1.807) is 31.3 Å². The molecule has 0 atom stereocenters. The predicted molar refractivity (Wildman–Crippen MR) is 141 cm³/mol.